The van der Waals surface area contributed by atoms with Crippen molar-refractivity contribution < 1.29 is 18.7 Å². The SMILES string of the molecule is O=C(O)c1cc(SCc2nccn2C(F)F)ccn1. The Kier molecular flexibility index (Phi) is 4.10. The van der Waals surface area contributed by atoms with Crippen molar-refractivity contribution in [3.05, 3.63) is 42.2 Å². The Morgan fingerprint density at radius 2 is 2.21 bits per heavy atom. The molecule has 100 valence electrons. The maximum absolute atomic E-state index is 12.6. The van der Waals surface area contributed by atoms with E-state index >= 15 is 0 Å². The van der Waals surface area contributed by atoms with Gasteiger partial charge in [-0.3, -0.25) is 4.57 Å². The molecule has 2 rings (SSSR count). The number of halogens is 2. The van der Waals surface area contributed by atoms with Crippen LogP contribution in [0.15, 0.2) is 35.6 Å². The summed E-state index contributed by atoms with van der Waals surface area (Å²) >= 11 is 1.22. The maximum Gasteiger partial charge on any atom is 0.354 e. The number of rotatable bonds is 5. The maximum atomic E-state index is 12.6. The molecule has 0 saturated carbocycles. The predicted molar refractivity (Wildman–Crippen MR) is 64.2 cm³/mol. The lowest BCUT2D eigenvalue weighted by atomic mass is 10.3. The van der Waals surface area contributed by atoms with Crippen LogP contribution in [0.5, 0.6) is 0 Å². The average Bonchev–Trinajstić information content (AvgIpc) is 2.85. The number of carbonyl (C=O) groups is 1. The number of thioether (sulfide) groups is 1. The van der Waals surface area contributed by atoms with Crippen LogP contribution in [0.25, 0.3) is 0 Å². The van der Waals surface area contributed by atoms with Crippen LogP contribution in [-0.2, 0) is 5.75 Å². The second-order valence-electron chi connectivity index (χ2n) is 3.50. The first-order chi connectivity index (χ1) is 9.08. The molecule has 2 heterocycles. The fraction of sp³-hybridized carbons (Fsp3) is 0.182. The number of nitrogens with zero attached hydrogens (tertiary/aromatic N) is 3. The monoisotopic (exact) mass is 285 g/mol. The lowest BCUT2D eigenvalue weighted by Gasteiger charge is -2.06. The number of aromatic carboxylic acids is 1. The Labute approximate surface area is 111 Å². The molecule has 0 radical (unpaired) electrons. The highest BCUT2D eigenvalue weighted by atomic mass is 32.2. The summed E-state index contributed by atoms with van der Waals surface area (Å²) in [5.74, 6) is -0.675. The normalized spacial score (nSPS) is 10.9. The van der Waals surface area contributed by atoms with Gasteiger partial charge in [0.15, 0.2) is 0 Å². The van der Waals surface area contributed by atoms with Crippen molar-refractivity contribution in [2.75, 3.05) is 0 Å². The summed E-state index contributed by atoms with van der Waals surface area (Å²) in [6, 6.07) is 3.01. The quantitative estimate of drug-likeness (QED) is 0.855. The summed E-state index contributed by atoms with van der Waals surface area (Å²) in [5.41, 5.74) is -0.0813. The van der Waals surface area contributed by atoms with Crippen molar-refractivity contribution in [2.24, 2.45) is 0 Å². The number of carboxylic acids is 1. The third-order valence-electron chi connectivity index (χ3n) is 2.28. The second kappa shape index (κ2) is 5.79. The fourth-order valence-electron chi connectivity index (χ4n) is 1.40. The number of imidazole rings is 1. The van der Waals surface area contributed by atoms with Crippen LogP contribution in [0.2, 0.25) is 0 Å². The first-order valence-corrected chi connectivity index (χ1v) is 6.18. The van der Waals surface area contributed by atoms with Gasteiger partial charge in [0.1, 0.15) is 11.5 Å². The van der Waals surface area contributed by atoms with Crippen molar-refractivity contribution in [1.29, 1.82) is 0 Å². The van der Waals surface area contributed by atoms with Crippen molar-refractivity contribution in [2.45, 2.75) is 17.2 Å². The standard InChI is InChI=1S/C11H9F2N3O2S/c12-11(13)16-4-3-15-9(16)6-19-7-1-2-14-8(5-7)10(17)18/h1-5,11H,6H2,(H,17,18). The van der Waals surface area contributed by atoms with Gasteiger partial charge in [0.2, 0.25) is 0 Å². The molecule has 5 nitrogen and oxygen atoms in total. The van der Waals surface area contributed by atoms with Gasteiger partial charge in [-0.15, -0.1) is 11.8 Å². The molecule has 0 aromatic carbocycles. The lowest BCUT2D eigenvalue weighted by molar-refractivity contribution is 0.0674. The zero-order valence-corrected chi connectivity index (χ0v) is 10.3. The van der Waals surface area contributed by atoms with E-state index in [4.69, 9.17) is 5.11 Å². The van der Waals surface area contributed by atoms with Gasteiger partial charge in [-0.2, -0.15) is 8.78 Å². The Morgan fingerprint density at radius 3 is 2.89 bits per heavy atom. The largest absolute Gasteiger partial charge is 0.477 e. The average molecular weight is 285 g/mol. The first-order valence-electron chi connectivity index (χ1n) is 5.20. The highest BCUT2D eigenvalue weighted by molar-refractivity contribution is 7.98. The number of pyridine rings is 1. The van der Waals surface area contributed by atoms with Gasteiger partial charge in [0.05, 0.1) is 5.75 Å². The molecule has 1 N–H and O–H groups in total. The number of hydrogen-bond donors (Lipinski definition) is 1. The molecule has 0 spiro atoms. The summed E-state index contributed by atoms with van der Waals surface area (Å²) < 4.78 is 25.9. The van der Waals surface area contributed by atoms with E-state index in [1.54, 1.807) is 6.07 Å². The summed E-state index contributed by atoms with van der Waals surface area (Å²) in [4.78, 5) is 18.9. The number of carboxylic acid groups (broad SMARTS) is 1. The lowest BCUT2D eigenvalue weighted by Crippen LogP contribution is -2.02. The molecule has 0 fully saturated rings. The van der Waals surface area contributed by atoms with Crippen LogP contribution in [0.1, 0.15) is 22.9 Å². The van der Waals surface area contributed by atoms with E-state index in [0.717, 1.165) is 4.57 Å². The topological polar surface area (TPSA) is 68.0 Å². The van der Waals surface area contributed by atoms with Gasteiger partial charge >= 0.3 is 12.5 Å². The van der Waals surface area contributed by atoms with Crippen LogP contribution in [0, 0.1) is 0 Å². The molecule has 2 aromatic heterocycles. The predicted octanol–water partition coefficient (Wildman–Crippen LogP) is 2.66. The first kappa shape index (κ1) is 13.5. The minimum Gasteiger partial charge on any atom is -0.477 e. The number of hydrogen-bond acceptors (Lipinski definition) is 4. The molecule has 0 aliphatic carbocycles. The Balaban J connectivity index is 2.08. The molecule has 0 bridgehead atoms. The molecule has 0 aliphatic heterocycles. The molecular formula is C11H9F2N3O2S. The molecule has 0 saturated heterocycles. The van der Waals surface area contributed by atoms with Gasteiger partial charge in [0.25, 0.3) is 0 Å². The van der Waals surface area contributed by atoms with E-state index in [0.29, 0.717) is 4.90 Å². The van der Waals surface area contributed by atoms with E-state index in [-0.39, 0.29) is 17.3 Å². The summed E-state index contributed by atoms with van der Waals surface area (Å²) in [7, 11) is 0. The molecule has 0 unspecified atom stereocenters. The van der Waals surface area contributed by atoms with Crippen LogP contribution < -0.4 is 0 Å². The molecule has 2 aromatic rings. The Hall–Kier alpha value is -1.96. The third kappa shape index (κ3) is 3.28. The van der Waals surface area contributed by atoms with Gasteiger partial charge in [-0.05, 0) is 12.1 Å². The highest BCUT2D eigenvalue weighted by Gasteiger charge is 2.12. The summed E-state index contributed by atoms with van der Waals surface area (Å²) in [6.07, 6.45) is 3.87. The fourth-order valence-corrected chi connectivity index (χ4v) is 2.27. The number of alkyl halides is 2. The summed E-state index contributed by atoms with van der Waals surface area (Å²) in [6.45, 7) is -2.63. The van der Waals surface area contributed by atoms with Crippen molar-refractivity contribution in [3.63, 3.8) is 0 Å². The minimum atomic E-state index is -2.63. The van der Waals surface area contributed by atoms with E-state index in [9.17, 15) is 13.6 Å². The third-order valence-corrected chi connectivity index (χ3v) is 3.27. The molecule has 8 heteroatoms. The molecule has 0 amide bonds. The van der Waals surface area contributed by atoms with E-state index in [2.05, 4.69) is 9.97 Å². The molecule has 19 heavy (non-hydrogen) atoms. The second-order valence-corrected chi connectivity index (χ2v) is 4.55. The van der Waals surface area contributed by atoms with E-state index in [1.807, 2.05) is 0 Å². The Morgan fingerprint density at radius 1 is 1.42 bits per heavy atom. The molecule has 0 atom stereocenters. The van der Waals surface area contributed by atoms with E-state index in [1.165, 1.54) is 36.4 Å². The van der Waals surface area contributed by atoms with Crippen LogP contribution in [0.3, 0.4) is 0 Å². The van der Waals surface area contributed by atoms with Crippen molar-refractivity contribution >= 4 is 17.7 Å². The molecule has 0 aliphatic rings. The van der Waals surface area contributed by atoms with Crippen LogP contribution in [-0.4, -0.2) is 25.6 Å². The zero-order valence-electron chi connectivity index (χ0n) is 9.53. The molecular weight excluding hydrogens is 276 g/mol. The number of aromatic nitrogens is 3. The Bertz CT molecular complexity index is 589. The summed E-state index contributed by atoms with van der Waals surface area (Å²) in [5, 5.41) is 8.79. The van der Waals surface area contributed by atoms with Crippen LogP contribution in [0.4, 0.5) is 8.78 Å². The highest BCUT2D eigenvalue weighted by Crippen LogP contribution is 2.24. The van der Waals surface area contributed by atoms with Gasteiger partial charge in [-0.25, -0.2) is 14.8 Å². The van der Waals surface area contributed by atoms with Crippen molar-refractivity contribution in [1.82, 2.24) is 14.5 Å². The van der Waals surface area contributed by atoms with Gasteiger partial charge in [0, 0.05) is 23.5 Å². The van der Waals surface area contributed by atoms with Crippen LogP contribution >= 0.6 is 11.8 Å². The zero-order chi connectivity index (χ0) is 13.8. The van der Waals surface area contributed by atoms with Gasteiger partial charge in [-0.1, -0.05) is 0 Å². The van der Waals surface area contributed by atoms with E-state index < -0.39 is 12.5 Å². The minimum absolute atomic E-state index is 0.0813. The van der Waals surface area contributed by atoms with Crippen molar-refractivity contribution in [3.8, 4) is 0 Å². The van der Waals surface area contributed by atoms with Gasteiger partial charge < -0.3 is 5.11 Å². The smallest absolute Gasteiger partial charge is 0.354 e.